The SMILES string of the molecule is CC(C)(C)OC(=O)N(COCC[Si](C)(C)C)C[C@@H]1OCCc2c1cccc2-n1cccn1. The van der Waals surface area contributed by atoms with Crippen LogP contribution in [0.15, 0.2) is 36.7 Å². The lowest BCUT2D eigenvalue weighted by Crippen LogP contribution is -2.42. The summed E-state index contributed by atoms with van der Waals surface area (Å²) in [6.45, 7) is 14.3. The van der Waals surface area contributed by atoms with Gasteiger partial charge in [0.25, 0.3) is 0 Å². The van der Waals surface area contributed by atoms with Crippen molar-refractivity contribution in [2.24, 2.45) is 0 Å². The molecule has 1 aromatic carbocycles. The van der Waals surface area contributed by atoms with Gasteiger partial charge < -0.3 is 14.2 Å². The summed E-state index contributed by atoms with van der Waals surface area (Å²) < 4.78 is 19.6. The number of hydrogen-bond donors (Lipinski definition) is 0. The van der Waals surface area contributed by atoms with Crippen LogP contribution in [0.4, 0.5) is 4.79 Å². The lowest BCUT2D eigenvalue weighted by molar-refractivity contribution is -0.0406. The van der Waals surface area contributed by atoms with Gasteiger partial charge in [-0.05, 0) is 56.5 Å². The minimum atomic E-state index is -1.21. The van der Waals surface area contributed by atoms with Crippen LogP contribution in [0.3, 0.4) is 0 Å². The molecule has 176 valence electrons. The van der Waals surface area contributed by atoms with Gasteiger partial charge in [0, 0.05) is 27.1 Å². The Labute approximate surface area is 192 Å². The van der Waals surface area contributed by atoms with Crippen LogP contribution in [0.2, 0.25) is 25.7 Å². The minimum absolute atomic E-state index is 0.188. The average Bonchev–Trinajstić information content (AvgIpc) is 3.22. The van der Waals surface area contributed by atoms with Crippen LogP contribution in [0.1, 0.15) is 38.0 Å². The van der Waals surface area contributed by atoms with Crippen molar-refractivity contribution >= 4 is 14.2 Å². The van der Waals surface area contributed by atoms with E-state index in [-0.39, 0.29) is 18.9 Å². The van der Waals surface area contributed by atoms with E-state index in [1.807, 2.05) is 43.8 Å². The molecule has 0 bridgehead atoms. The highest BCUT2D eigenvalue weighted by atomic mass is 28.3. The van der Waals surface area contributed by atoms with E-state index in [4.69, 9.17) is 14.2 Å². The molecule has 0 aliphatic carbocycles. The first kappa shape index (κ1) is 24.5. The molecule has 1 aliphatic rings. The molecule has 2 aromatic rings. The summed E-state index contributed by atoms with van der Waals surface area (Å²) in [6, 6.07) is 9.12. The maximum absolute atomic E-state index is 13.0. The standard InChI is InChI=1S/C24H37N3O4Si/c1-24(2,3)31-23(28)26(18-29-15-16-32(4,5)6)17-22-20-9-7-10-21(19(20)11-14-30-22)27-13-8-12-25-27/h7-10,12-13,22H,11,14-18H2,1-6H3/t22-/m0/s1. The highest BCUT2D eigenvalue weighted by Gasteiger charge is 2.30. The number of aromatic nitrogens is 2. The molecule has 0 radical (unpaired) electrons. The van der Waals surface area contributed by atoms with Gasteiger partial charge in [-0.2, -0.15) is 5.10 Å². The molecule has 1 aliphatic heterocycles. The number of carbonyl (C=O) groups is 1. The summed E-state index contributed by atoms with van der Waals surface area (Å²) in [5.41, 5.74) is 2.76. The Morgan fingerprint density at radius 3 is 2.72 bits per heavy atom. The molecular formula is C24H37N3O4Si. The Bertz CT molecular complexity index is 888. The minimum Gasteiger partial charge on any atom is -0.444 e. The van der Waals surface area contributed by atoms with Crippen LogP contribution in [0.5, 0.6) is 0 Å². The van der Waals surface area contributed by atoms with E-state index in [2.05, 4.69) is 36.9 Å². The van der Waals surface area contributed by atoms with Crippen LogP contribution >= 0.6 is 0 Å². The summed E-state index contributed by atoms with van der Waals surface area (Å²) in [6.07, 6.45) is 3.89. The Morgan fingerprint density at radius 1 is 1.28 bits per heavy atom. The summed E-state index contributed by atoms with van der Waals surface area (Å²) in [5.74, 6) is 0. The Morgan fingerprint density at radius 2 is 2.06 bits per heavy atom. The molecule has 8 heteroatoms. The van der Waals surface area contributed by atoms with E-state index in [1.54, 1.807) is 11.1 Å². The van der Waals surface area contributed by atoms with Gasteiger partial charge in [-0.3, -0.25) is 4.90 Å². The molecule has 0 spiro atoms. The van der Waals surface area contributed by atoms with Gasteiger partial charge in [0.2, 0.25) is 0 Å². The number of ether oxygens (including phenoxy) is 3. The van der Waals surface area contributed by atoms with Gasteiger partial charge in [0.05, 0.1) is 18.8 Å². The molecule has 7 nitrogen and oxygen atoms in total. The molecule has 1 atom stereocenters. The maximum atomic E-state index is 13.0. The number of fused-ring (bicyclic) bond motifs is 1. The molecule has 0 N–H and O–H groups in total. The first-order chi connectivity index (χ1) is 15.0. The Balaban J connectivity index is 1.77. The van der Waals surface area contributed by atoms with Gasteiger partial charge >= 0.3 is 6.09 Å². The average molecular weight is 460 g/mol. The summed E-state index contributed by atoms with van der Waals surface area (Å²) >= 11 is 0. The second-order valence-corrected chi connectivity index (χ2v) is 16.1. The van der Waals surface area contributed by atoms with E-state index < -0.39 is 13.7 Å². The number of amides is 1. The second kappa shape index (κ2) is 10.2. The predicted molar refractivity (Wildman–Crippen MR) is 128 cm³/mol. The summed E-state index contributed by atoms with van der Waals surface area (Å²) in [7, 11) is -1.21. The van der Waals surface area contributed by atoms with Crippen LogP contribution in [0, 0.1) is 0 Å². The molecule has 0 saturated heterocycles. The van der Waals surface area contributed by atoms with E-state index >= 15 is 0 Å². The predicted octanol–water partition coefficient (Wildman–Crippen LogP) is 5.04. The molecule has 3 rings (SSSR count). The lowest BCUT2D eigenvalue weighted by Gasteiger charge is -2.33. The van der Waals surface area contributed by atoms with Crippen molar-refractivity contribution in [3.63, 3.8) is 0 Å². The van der Waals surface area contributed by atoms with E-state index in [0.29, 0.717) is 19.8 Å². The third-order valence-corrected chi connectivity index (χ3v) is 6.94. The number of carbonyl (C=O) groups excluding carboxylic acids is 1. The fourth-order valence-electron chi connectivity index (χ4n) is 3.60. The largest absolute Gasteiger partial charge is 0.444 e. The smallest absolute Gasteiger partial charge is 0.412 e. The number of hydrogen-bond acceptors (Lipinski definition) is 5. The summed E-state index contributed by atoms with van der Waals surface area (Å²) in [4.78, 5) is 14.6. The van der Waals surface area contributed by atoms with Crippen molar-refractivity contribution in [2.75, 3.05) is 26.5 Å². The van der Waals surface area contributed by atoms with Crippen molar-refractivity contribution in [3.8, 4) is 5.69 Å². The molecule has 0 saturated carbocycles. The van der Waals surface area contributed by atoms with Crippen molar-refractivity contribution in [1.29, 1.82) is 0 Å². The zero-order valence-corrected chi connectivity index (χ0v) is 21.3. The zero-order valence-electron chi connectivity index (χ0n) is 20.3. The van der Waals surface area contributed by atoms with Crippen LogP contribution in [-0.2, 0) is 20.6 Å². The summed E-state index contributed by atoms with van der Waals surface area (Å²) in [5, 5.41) is 4.39. The quantitative estimate of drug-likeness (QED) is 0.314. The van der Waals surface area contributed by atoms with E-state index in [1.165, 1.54) is 5.56 Å². The molecule has 0 unspecified atom stereocenters. The highest BCUT2D eigenvalue weighted by Crippen LogP contribution is 2.32. The van der Waals surface area contributed by atoms with Crippen molar-refractivity contribution in [1.82, 2.24) is 14.7 Å². The van der Waals surface area contributed by atoms with Crippen LogP contribution in [0.25, 0.3) is 5.69 Å². The van der Waals surface area contributed by atoms with Gasteiger partial charge in [0.15, 0.2) is 0 Å². The fraction of sp³-hybridized carbons (Fsp3) is 0.583. The Kier molecular flexibility index (Phi) is 7.79. The van der Waals surface area contributed by atoms with Gasteiger partial charge in [-0.15, -0.1) is 0 Å². The normalized spacial score (nSPS) is 16.5. The molecule has 0 fully saturated rings. The topological polar surface area (TPSA) is 65.8 Å². The van der Waals surface area contributed by atoms with E-state index in [9.17, 15) is 4.79 Å². The zero-order chi connectivity index (χ0) is 23.4. The fourth-order valence-corrected chi connectivity index (χ4v) is 4.35. The first-order valence-corrected chi connectivity index (χ1v) is 15.0. The lowest BCUT2D eigenvalue weighted by atomic mass is 9.95. The number of rotatable bonds is 8. The molecule has 1 aromatic heterocycles. The third-order valence-electron chi connectivity index (χ3n) is 5.24. The number of nitrogens with zero attached hydrogens (tertiary/aromatic N) is 3. The van der Waals surface area contributed by atoms with Crippen LogP contribution in [-0.4, -0.2) is 60.9 Å². The van der Waals surface area contributed by atoms with Gasteiger partial charge in [0.1, 0.15) is 18.4 Å². The molecule has 32 heavy (non-hydrogen) atoms. The van der Waals surface area contributed by atoms with Crippen LogP contribution < -0.4 is 0 Å². The molecule has 1 amide bonds. The van der Waals surface area contributed by atoms with E-state index in [0.717, 1.165) is 23.7 Å². The van der Waals surface area contributed by atoms with Gasteiger partial charge in [-0.1, -0.05) is 31.8 Å². The van der Waals surface area contributed by atoms with Crippen molar-refractivity contribution in [3.05, 3.63) is 47.8 Å². The maximum Gasteiger partial charge on any atom is 0.412 e. The highest BCUT2D eigenvalue weighted by molar-refractivity contribution is 6.76. The monoisotopic (exact) mass is 459 g/mol. The first-order valence-electron chi connectivity index (χ1n) is 11.3. The molecular weight excluding hydrogens is 422 g/mol. The van der Waals surface area contributed by atoms with Gasteiger partial charge in [-0.25, -0.2) is 9.48 Å². The second-order valence-electron chi connectivity index (χ2n) is 10.5. The van der Waals surface area contributed by atoms with Crippen molar-refractivity contribution < 1.29 is 19.0 Å². The number of benzene rings is 1. The third kappa shape index (κ3) is 6.92. The van der Waals surface area contributed by atoms with Crippen molar-refractivity contribution in [2.45, 2.75) is 64.6 Å². The Hall–Kier alpha value is -2.16. The molecule has 2 heterocycles.